The van der Waals surface area contributed by atoms with E-state index in [1.54, 1.807) is 30.3 Å². The highest BCUT2D eigenvalue weighted by molar-refractivity contribution is 7.14. The topological polar surface area (TPSA) is 51.2 Å². The van der Waals surface area contributed by atoms with Gasteiger partial charge < -0.3 is 20.0 Å². The molecule has 150 valence electrons. The first-order valence-corrected chi connectivity index (χ1v) is 10.6. The van der Waals surface area contributed by atoms with Crippen molar-refractivity contribution in [2.24, 2.45) is 4.99 Å². The standard InChI is InChI=1S/C21H29N5OS/c1-4-22-21(26-13-11-25(12-14-26)19-6-5-15-28-19)23-16-17-7-9-18(10-8-17)20(27)24(2)3/h5-10,15H,4,11-14,16H2,1-3H3,(H,22,23). The lowest BCUT2D eigenvalue weighted by Crippen LogP contribution is -2.52. The van der Waals surface area contributed by atoms with Crippen LogP contribution >= 0.6 is 11.3 Å². The molecule has 0 unspecified atom stereocenters. The molecule has 0 spiro atoms. The number of rotatable bonds is 5. The van der Waals surface area contributed by atoms with Crippen LogP contribution in [-0.2, 0) is 6.54 Å². The van der Waals surface area contributed by atoms with Crippen molar-refractivity contribution in [3.05, 3.63) is 52.9 Å². The van der Waals surface area contributed by atoms with Crippen LogP contribution in [0, 0.1) is 0 Å². The second kappa shape index (κ2) is 9.59. The van der Waals surface area contributed by atoms with Gasteiger partial charge in [0.25, 0.3) is 5.91 Å². The normalized spacial score (nSPS) is 14.9. The summed E-state index contributed by atoms with van der Waals surface area (Å²) in [6.07, 6.45) is 0. The third kappa shape index (κ3) is 5.04. The summed E-state index contributed by atoms with van der Waals surface area (Å²) in [5.41, 5.74) is 1.80. The van der Waals surface area contributed by atoms with Crippen LogP contribution in [0.15, 0.2) is 46.8 Å². The number of hydrogen-bond donors (Lipinski definition) is 1. The predicted molar refractivity (Wildman–Crippen MR) is 117 cm³/mol. The smallest absolute Gasteiger partial charge is 0.253 e. The summed E-state index contributed by atoms with van der Waals surface area (Å²) in [7, 11) is 3.53. The molecule has 0 bridgehead atoms. The molecule has 1 N–H and O–H groups in total. The van der Waals surface area contributed by atoms with Gasteiger partial charge in [-0.05, 0) is 42.1 Å². The number of thiophene rings is 1. The molecule has 0 aliphatic carbocycles. The van der Waals surface area contributed by atoms with Gasteiger partial charge in [0.15, 0.2) is 5.96 Å². The SMILES string of the molecule is CCNC(=NCc1ccc(C(=O)N(C)C)cc1)N1CCN(c2cccs2)CC1. The average Bonchev–Trinajstić information content (AvgIpc) is 3.26. The molecule has 1 aromatic heterocycles. The molecule has 1 saturated heterocycles. The van der Waals surface area contributed by atoms with Gasteiger partial charge in [0.2, 0.25) is 0 Å². The summed E-state index contributed by atoms with van der Waals surface area (Å²) >= 11 is 1.80. The van der Waals surface area contributed by atoms with Crippen LogP contribution in [-0.4, -0.2) is 68.5 Å². The van der Waals surface area contributed by atoms with Gasteiger partial charge >= 0.3 is 0 Å². The van der Waals surface area contributed by atoms with Crippen LogP contribution in [0.4, 0.5) is 5.00 Å². The zero-order valence-corrected chi connectivity index (χ0v) is 17.7. The Labute approximate surface area is 171 Å². The summed E-state index contributed by atoms with van der Waals surface area (Å²) in [4.78, 5) is 23.2. The number of guanidine groups is 1. The number of carbonyl (C=O) groups excluding carboxylic acids is 1. The average molecular weight is 400 g/mol. The van der Waals surface area contributed by atoms with Crippen molar-refractivity contribution in [2.45, 2.75) is 13.5 Å². The van der Waals surface area contributed by atoms with E-state index in [0.717, 1.165) is 44.2 Å². The maximum atomic E-state index is 12.0. The number of nitrogens with zero attached hydrogens (tertiary/aromatic N) is 4. The zero-order chi connectivity index (χ0) is 19.9. The minimum atomic E-state index is 0.0204. The van der Waals surface area contributed by atoms with E-state index in [1.165, 1.54) is 5.00 Å². The van der Waals surface area contributed by atoms with E-state index in [1.807, 2.05) is 24.3 Å². The van der Waals surface area contributed by atoms with Gasteiger partial charge in [-0.15, -0.1) is 11.3 Å². The van der Waals surface area contributed by atoms with E-state index >= 15 is 0 Å². The fourth-order valence-corrected chi connectivity index (χ4v) is 3.98. The van der Waals surface area contributed by atoms with Gasteiger partial charge in [-0.3, -0.25) is 4.79 Å². The summed E-state index contributed by atoms with van der Waals surface area (Å²) in [6.45, 7) is 7.47. The monoisotopic (exact) mass is 399 g/mol. The van der Waals surface area contributed by atoms with Crippen LogP contribution in [0.2, 0.25) is 0 Å². The highest BCUT2D eigenvalue weighted by Crippen LogP contribution is 2.22. The third-order valence-corrected chi connectivity index (χ3v) is 5.68. The van der Waals surface area contributed by atoms with E-state index in [9.17, 15) is 4.79 Å². The molecule has 1 amide bonds. The number of nitrogens with one attached hydrogen (secondary N) is 1. The number of aliphatic imine (C=N–C) groups is 1. The molecule has 2 aromatic rings. The number of piperazine rings is 1. The first-order valence-electron chi connectivity index (χ1n) is 9.70. The van der Waals surface area contributed by atoms with Gasteiger partial charge in [-0.1, -0.05) is 12.1 Å². The lowest BCUT2D eigenvalue weighted by atomic mass is 10.1. The second-order valence-corrected chi connectivity index (χ2v) is 7.92. The Bertz CT molecular complexity index is 778. The molecule has 0 saturated carbocycles. The van der Waals surface area contributed by atoms with Crippen molar-refractivity contribution in [2.75, 3.05) is 51.7 Å². The van der Waals surface area contributed by atoms with E-state index in [0.29, 0.717) is 12.1 Å². The van der Waals surface area contributed by atoms with Crippen molar-refractivity contribution >= 4 is 28.2 Å². The Kier molecular flexibility index (Phi) is 6.92. The van der Waals surface area contributed by atoms with E-state index in [2.05, 4.69) is 39.6 Å². The minimum absolute atomic E-state index is 0.0204. The Balaban J connectivity index is 1.61. The number of benzene rings is 1. The molecule has 2 heterocycles. The zero-order valence-electron chi connectivity index (χ0n) is 16.9. The molecular formula is C21H29N5OS. The first-order chi connectivity index (χ1) is 13.6. The Morgan fingerprint density at radius 3 is 2.43 bits per heavy atom. The van der Waals surface area contributed by atoms with Crippen molar-refractivity contribution in [1.29, 1.82) is 0 Å². The maximum absolute atomic E-state index is 12.0. The van der Waals surface area contributed by atoms with E-state index in [4.69, 9.17) is 4.99 Å². The van der Waals surface area contributed by atoms with Gasteiger partial charge in [-0.2, -0.15) is 0 Å². The molecule has 0 radical (unpaired) electrons. The highest BCUT2D eigenvalue weighted by atomic mass is 32.1. The van der Waals surface area contributed by atoms with Crippen LogP contribution in [0.5, 0.6) is 0 Å². The van der Waals surface area contributed by atoms with Gasteiger partial charge in [0, 0.05) is 52.4 Å². The van der Waals surface area contributed by atoms with Crippen LogP contribution in [0.25, 0.3) is 0 Å². The molecule has 1 fully saturated rings. The van der Waals surface area contributed by atoms with Gasteiger partial charge in [0.05, 0.1) is 11.5 Å². The minimum Gasteiger partial charge on any atom is -0.360 e. The Hall–Kier alpha value is -2.54. The van der Waals surface area contributed by atoms with E-state index < -0.39 is 0 Å². The van der Waals surface area contributed by atoms with Gasteiger partial charge in [0.1, 0.15) is 0 Å². The lowest BCUT2D eigenvalue weighted by Gasteiger charge is -2.37. The third-order valence-electron chi connectivity index (χ3n) is 4.75. The summed E-state index contributed by atoms with van der Waals surface area (Å²) < 4.78 is 0. The lowest BCUT2D eigenvalue weighted by molar-refractivity contribution is 0.0827. The molecule has 6 nitrogen and oxygen atoms in total. The molecule has 28 heavy (non-hydrogen) atoms. The largest absolute Gasteiger partial charge is 0.360 e. The molecule has 0 atom stereocenters. The van der Waals surface area contributed by atoms with Crippen LogP contribution in [0.3, 0.4) is 0 Å². The predicted octanol–water partition coefficient (Wildman–Crippen LogP) is 2.74. The summed E-state index contributed by atoms with van der Waals surface area (Å²) in [5, 5.41) is 6.89. The van der Waals surface area contributed by atoms with Crippen molar-refractivity contribution in [1.82, 2.24) is 15.1 Å². The highest BCUT2D eigenvalue weighted by Gasteiger charge is 2.20. The summed E-state index contributed by atoms with van der Waals surface area (Å²) in [6, 6.07) is 12.0. The Morgan fingerprint density at radius 2 is 1.86 bits per heavy atom. The van der Waals surface area contributed by atoms with Crippen molar-refractivity contribution in [3.8, 4) is 0 Å². The molecule has 1 aromatic carbocycles. The van der Waals surface area contributed by atoms with Crippen molar-refractivity contribution in [3.63, 3.8) is 0 Å². The van der Waals surface area contributed by atoms with E-state index in [-0.39, 0.29) is 5.91 Å². The summed E-state index contributed by atoms with van der Waals surface area (Å²) in [5.74, 6) is 0.980. The molecule has 1 aliphatic heterocycles. The number of anilines is 1. The number of amides is 1. The number of carbonyl (C=O) groups is 1. The van der Waals surface area contributed by atoms with Crippen molar-refractivity contribution < 1.29 is 4.79 Å². The molecule has 7 heteroatoms. The number of hydrogen-bond acceptors (Lipinski definition) is 4. The van der Waals surface area contributed by atoms with Crippen LogP contribution in [0.1, 0.15) is 22.8 Å². The second-order valence-electron chi connectivity index (χ2n) is 6.99. The molecular weight excluding hydrogens is 370 g/mol. The maximum Gasteiger partial charge on any atom is 0.253 e. The van der Waals surface area contributed by atoms with Gasteiger partial charge in [-0.25, -0.2) is 4.99 Å². The molecule has 1 aliphatic rings. The quantitative estimate of drug-likeness (QED) is 0.620. The fraction of sp³-hybridized carbons (Fsp3) is 0.429. The Morgan fingerprint density at radius 1 is 1.14 bits per heavy atom. The molecule has 3 rings (SSSR count). The fourth-order valence-electron chi connectivity index (χ4n) is 3.19. The first kappa shape index (κ1) is 20.2. The van der Waals surface area contributed by atoms with Crippen LogP contribution < -0.4 is 10.2 Å².